The fourth-order valence-corrected chi connectivity index (χ4v) is 2.52. The van der Waals surface area contributed by atoms with Gasteiger partial charge in [-0.15, -0.1) is 0 Å². The van der Waals surface area contributed by atoms with Gasteiger partial charge in [0.1, 0.15) is 5.58 Å². The minimum Gasteiger partial charge on any atom is -0.464 e. The molecule has 1 heterocycles. The molecular formula is C18H17N3O2S. The van der Waals surface area contributed by atoms with Gasteiger partial charge in [-0.1, -0.05) is 30.3 Å². The first-order valence-corrected chi connectivity index (χ1v) is 7.90. The second kappa shape index (κ2) is 7.14. The van der Waals surface area contributed by atoms with E-state index in [0.717, 1.165) is 27.8 Å². The second-order valence-electron chi connectivity index (χ2n) is 5.43. The van der Waals surface area contributed by atoms with Crippen LogP contribution < -0.4 is 16.2 Å². The number of para-hydroxylation sites is 1. The zero-order valence-electron chi connectivity index (χ0n) is 13.1. The first-order chi connectivity index (χ1) is 11.6. The molecule has 122 valence electrons. The van der Waals surface area contributed by atoms with E-state index in [2.05, 4.69) is 16.2 Å². The number of fused-ring (bicyclic) bond motifs is 1. The molecule has 3 N–H and O–H groups in total. The molecule has 0 unspecified atom stereocenters. The summed E-state index contributed by atoms with van der Waals surface area (Å²) in [6, 6.07) is 15.4. The van der Waals surface area contributed by atoms with Crippen molar-refractivity contribution in [1.29, 1.82) is 0 Å². The zero-order chi connectivity index (χ0) is 16.9. The number of amides is 1. The topological polar surface area (TPSA) is 66.3 Å². The molecule has 0 radical (unpaired) electrons. The third-order valence-electron chi connectivity index (χ3n) is 3.51. The van der Waals surface area contributed by atoms with Gasteiger partial charge >= 0.3 is 0 Å². The van der Waals surface area contributed by atoms with Gasteiger partial charge in [0.05, 0.1) is 12.7 Å². The molecule has 0 bridgehead atoms. The average molecular weight is 339 g/mol. The molecule has 5 nitrogen and oxygen atoms in total. The van der Waals surface area contributed by atoms with Crippen LogP contribution in [-0.4, -0.2) is 11.0 Å². The van der Waals surface area contributed by atoms with E-state index in [1.165, 1.54) is 0 Å². The average Bonchev–Trinajstić information content (AvgIpc) is 2.96. The molecule has 3 aromatic rings. The van der Waals surface area contributed by atoms with Crippen LogP contribution in [-0.2, 0) is 11.2 Å². The van der Waals surface area contributed by atoms with E-state index in [-0.39, 0.29) is 12.3 Å². The Morgan fingerprint density at radius 3 is 2.71 bits per heavy atom. The highest BCUT2D eigenvalue weighted by Gasteiger charge is 2.10. The zero-order valence-corrected chi connectivity index (χ0v) is 13.9. The third kappa shape index (κ3) is 3.91. The highest BCUT2D eigenvalue weighted by molar-refractivity contribution is 7.80. The smallest absolute Gasteiger partial charge is 0.242 e. The molecule has 0 saturated heterocycles. The predicted octanol–water partition coefficient (Wildman–Crippen LogP) is 3.30. The summed E-state index contributed by atoms with van der Waals surface area (Å²) in [4.78, 5) is 12.1. The lowest BCUT2D eigenvalue weighted by Crippen LogP contribution is -2.44. The van der Waals surface area contributed by atoms with Gasteiger partial charge in [0.25, 0.3) is 0 Å². The number of aryl methyl sites for hydroxylation is 1. The van der Waals surface area contributed by atoms with Crippen LogP contribution in [0, 0.1) is 6.92 Å². The van der Waals surface area contributed by atoms with Crippen LogP contribution in [0.25, 0.3) is 11.0 Å². The number of carbonyl (C=O) groups excluding carboxylic acids is 1. The molecule has 0 atom stereocenters. The highest BCUT2D eigenvalue weighted by atomic mass is 32.1. The van der Waals surface area contributed by atoms with Crippen molar-refractivity contribution in [3.63, 3.8) is 0 Å². The lowest BCUT2D eigenvalue weighted by molar-refractivity contribution is -0.120. The van der Waals surface area contributed by atoms with Crippen LogP contribution >= 0.6 is 12.2 Å². The Balaban J connectivity index is 1.54. The van der Waals surface area contributed by atoms with E-state index < -0.39 is 0 Å². The number of furan rings is 1. The number of hydrazine groups is 1. The first kappa shape index (κ1) is 16.0. The van der Waals surface area contributed by atoms with Gasteiger partial charge in [0.15, 0.2) is 5.11 Å². The summed E-state index contributed by atoms with van der Waals surface area (Å²) < 4.78 is 5.50. The maximum Gasteiger partial charge on any atom is 0.242 e. The van der Waals surface area contributed by atoms with E-state index in [1.807, 2.05) is 55.5 Å². The summed E-state index contributed by atoms with van der Waals surface area (Å²) in [6.07, 6.45) is 1.82. The molecule has 1 aromatic heterocycles. The Hall–Kier alpha value is -2.86. The summed E-state index contributed by atoms with van der Waals surface area (Å²) in [7, 11) is 0. The second-order valence-corrected chi connectivity index (χ2v) is 5.84. The molecule has 0 aliphatic carbocycles. The van der Waals surface area contributed by atoms with Crippen LogP contribution in [0.3, 0.4) is 0 Å². The maximum atomic E-state index is 12.1. The number of anilines is 1. The summed E-state index contributed by atoms with van der Waals surface area (Å²) in [5.74, 6) is -0.199. The Morgan fingerprint density at radius 1 is 1.12 bits per heavy atom. The SMILES string of the molecule is Cc1ccc2c(CC(=O)NNC(=S)Nc3ccccc3)coc2c1. The standard InChI is InChI=1S/C18H17N3O2S/c1-12-7-8-15-13(11-23-16(15)9-12)10-17(22)20-21-18(24)19-14-5-3-2-4-6-14/h2-9,11H,10H2,1H3,(H,20,22)(H2,19,21,24). The molecule has 1 amide bonds. The van der Waals surface area contributed by atoms with Gasteiger partial charge in [-0.2, -0.15) is 0 Å². The van der Waals surface area contributed by atoms with Crippen molar-refractivity contribution in [3.05, 3.63) is 65.9 Å². The maximum absolute atomic E-state index is 12.1. The summed E-state index contributed by atoms with van der Waals surface area (Å²) in [5.41, 5.74) is 8.86. The fraction of sp³-hybridized carbons (Fsp3) is 0.111. The molecule has 0 fully saturated rings. The van der Waals surface area contributed by atoms with Crippen molar-refractivity contribution in [2.45, 2.75) is 13.3 Å². The fourth-order valence-electron chi connectivity index (χ4n) is 2.35. The van der Waals surface area contributed by atoms with Gasteiger partial charge in [-0.25, -0.2) is 0 Å². The van der Waals surface area contributed by atoms with Gasteiger partial charge in [-0.3, -0.25) is 15.6 Å². The normalized spacial score (nSPS) is 10.4. The van der Waals surface area contributed by atoms with Crippen LogP contribution in [0.4, 0.5) is 5.69 Å². The molecule has 0 spiro atoms. The Morgan fingerprint density at radius 2 is 1.92 bits per heavy atom. The quantitative estimate of drug-likeness (QED) is 0.505. The summed E-state index contributed by atoms with van der Waals surface area (Å²) in [6.45, 7) is 2.00. The monoisotopic (exact) mass is 339 g/mol. The van der Waals surface area contributed by atoms with Crippen molar-refractivity contribution in [1.82, 2.24) is 10.9 Å². The number of hydrogen-bond donors (Lipinski definition) is 3. The van der Waals surface area contributed by atoms with E-state index in [9.17, 15) is 4.79 Å². The molecule has 2 aromatic carbocycles. The first-order valence-electron chi connectivity index (χ1n) is 7.49. The van der Waals surface area contributed by atoms with Crippen molar-refractivity contribution in [2.75, 3.05) is 5.32 Å². The molecule has 0 aliphatic rings. The number of nitrogens with one attached hydrogen (secondary N) is 3. The number of thiocarbonyl (C=S) groups is 1. The van der Waals surface area contributed by atoms with Gasteiger partial charge in [0, 0.05) is 16.6 Å². The minimum absolute atomic E-state index is 0.199. The molecule has 0 saturated carbocycles. The number of benzene rings is 2. The van der Waals surface area contributed by atoms with E-state index in [1.54, 1.807) is 6.26 Å². The molecule has 6 heteroatoms. The van der Waals surface area contributed by atoms with Crippen molar-refractivity contribution >= 4 is 39.9 Å². The predicted molar refractivity (Wildman–Crippen MR) is 98.6 cm³/mol. The van der Waals surface area contributed by atoms with Crippen LogP contribution in [0.5, 0.6) is 0 Å². The number of hydrogen-bond acceptors (Lipinski definition) is 3. The van der Waals surface area contributed by atoms with E-state index in [4.69, 9.17) is 16.6 Å². The number of rotatable bonds is 3. The molecule has 0 aliphatic heterocycles. The van der Waals surface area contributed by atoms with E-state index >= 15 is 0 Å². The Labute approximate surface area is 145 Å². The Bertz CT molecular complexity index is 874. The third-order valence-corrected chi connectivity index (χ3v) is 3.71. The number of carbonyl (C=O) groups is 1. The van der Waals surface area contributed by atoms with E-state index in [0.29, 0.717) is 5.11 Å². The van der Waals surface area contributed by atoms with Crippen molar-refractivity contribution < 1.29 is 9.21 Å². The van der Waals surface area contributed by atoms with Gasteiger partial charge in [0.2, 0.25) is 5.91 Å². The highest BCUT2D eigenvalue weighted by Crippen LogP contribution is 2.22. The van der Waals surface area contributed by atoms with Gasteiger partial charge in [-0.05, 0) is 42.9 Å². The molecular weight excluding hydrogens is 322 g/mol. The Kier molecular flexibility index (Phi) is 4.77. The van der Waals surface area contributed by atoms with Crippen molar-refractivity contribution in [2.24, 2.45) is 0 Å². The van der Waals surface area contributed by atoms with Crippen LogP contribution in [0.1, 0.15) is 11.1 Å². The van der Waals surface area contributed by atoms with Crippen LogP contribution in [0.15, 0.2) is 59.2 Å². The molecule has 24 heavy (non-hydrogen) atoms. The van der Waals surface area contributed by atoms with Crippen LogP contribution in [0.2, 0.25) is 0 Å². The lowest BCUT2D eigenvalue weighted by atomic mass is 10.1. The largest absolute Gasteiger partial charge is 0.464 e. The lowest BCUT2D eigenvalue weighted by Gasteiger charge is -2.11. The summed E-state index contributed by atoms with van der Waals surface area (Å²) in [5, 5.41) is 4.25. The molecule has 3 rings (SSSR count). The minimum atomic E-state index is -0.199. The van der Waals surface area contributed by atoms with Gasteiger partial charge < -0.3 is 9.73 Å². The summed E-state index contributed by atoms with van der Waals surface area (Å²) >= 11 is 5.14. The van der Waals surface area contributed by atoms with Crippen molar-refractivity contribution in [3.8, 4) is 0 Å².